The fourth-order valence-electron chi connectivity index (χ4n) is 1.92. The number of carbonyl (C=O) groups excluding carboxylic acids is 2. The van der Waals surface area contributed by atoms with Crippen molar-refractivity contribution in [3.8, 4) is 0 Å². The standard InChI is InChI=1S/C11H21N3O2/c1-8(15)14-6-4-9(5-7-14)13-11(2,3)10(12)16/h9,13H,4-7H2,1-3H3,(H2,12,16). The number of primary amides is 1. The Labute approximate surface area is 96.4 Å². The van der Waals surface area contributed by atoms with Crippen molar-refractivity contribution in [1.82, 2.24) is 10.2 Å². The van der Waals surface area contributed by atoms with Crippen molar-refractivity contribution in [2.75, 3.05) is 13.1 Å². The summed E-state index contributed by atoms with van der Waals surface area (Å²) in [7, 11) is 0. The van der Waals surface area contributed by atoms with Gasteiger partial charge in [-0.2, -0.15) is 0 Å². The molecule has 0 bridgehead atoms. The van der Waals surface area contributed by atoms with Crippen LogP contribution in [0, 0.1) is 0 Å². The molecule has 1 heterocycles. The van der Waals surface area contributed by atoms with Gasteiger partial charge in [0.15, 0.2) is 0 Å². The molecule has 3 N–H and O–H groups in total. The Kier molecular flexibility index (Phi) is 3.91. The van der Waals surface area contributed by atoms with Gasteiger partial charge in [-0.15, -0.1) is 0 Å². The summed E-state index contributed by atoms with van der Waals surface area (Å²) in [6.45, 7) is 6.66. The molecule has 16 heavy (non-hydrogen) atoms. The molecule has 0 aromatic rings. The number of piperidine rings is 1. The number of hydrogen-bond acceptors (Lipinski definition) is 3. The third-order valence-corrected chi connectivity index (χ3v) is 3.12. The van der Waals surface area contributed by atoms with E-state index in [2.05, 4.69) is 5.32 Å². The van der Waals surface area contributed by atoms with Gasteiger partial charge in [0.25, 0.3) is 0 Å². The Bertz CT molecular complexity index is 281. The molecular formula is C11H21N3O2. The van der Waals surface area contributed by atoms with Crippen LogP contribution in [0.25, 0.3) is 0 Å². The molecule has 1 saturated heterocycles. The molecule has 1 rings (SSSR count). The third-order valence-electron chi connectivity index (χ3n) is 3.12. The van der Waals surface area contributed by atoms with Gasteiger partial charge >= 0.3 is 0 Å². The van der Waals surface area contributed by atoms with Crippen LogP contribution >= 0.6 is 0 Å². The second-order valence-electron chi connectivity index (χ2n) is 4.91. The molecule has 0 aliphatic carbocycles. The normalized spacial score (nSPS) is 18.6. The minimum absolute atomic E-state index is 0.118. The number of amides is 2. The summed E-state index contributed by atoms with van der Waals surface area (Å²) in [5.74, 6) is -0.228. The van der Waals surface area contributed by atoms with E-state index < -0.39 is 5.54 Å². The van der Waals surface area contributed by atoms with Crippen molar-refractivity contribution in [1.29, 1.82) is 0 Å². The fourth-order valence-corrected chi connectivity index (χ4v) is 1.92. The van der Waals surface area contributed by atoms with E-state index in [0.29, 0.717) is 0 Å². The van der Waals surface area contributed by atoms with Crippen LogP contribution in [0.2, 0.25) is 0 Å². The summed E-state index contributed by atoms with van der Waals surface area (Å²) in [6.07, 6.45) is 1.74. The first-order valence-corrected chi connectivity index (χ1v) is 5.66. The number of nitrogens with two attached hydrogens (primary N) is 1. The molecule has 0 aromatic heterocycles. The zero-order valence-electron chi connectivity index (χ0n) is 10.2. The summed E-state index contributed by atoms with van der Waals surface area (Å²) < 4.78 is 0. The van der Waals surface area contributed by atoms with Gasteiger partial charge in [-0.05, 0) is 26.7 Å². The summed E-state index contributed by atoms with van der Waals surface area (Å²) in [5, 5.41) is 3.24. The van der Waals surface area contributed by atoms with E-state index in [9.17, 15) is 9.59 Å². The maximum Gasteiger partial charge on any atom is 0.237 e. The highest BCUT2D eigenvalue weighted by Crippen LogP contribution is 2.14. The SMILES string of the molecule is CC(=O)N1CCC(NC(C)(C)C(N)=O)CC1. The lowest BCUT2D eigenvalue weighted by molar-refractivity contribution is -0.130. The molecule has 0 saturated carbocycles. The maximum atomic E-state index is 11.2. The summed E-state index contributed by atoms with van der Waals surface area (Å²) >= 11 is 0. The molecule has 1 aliphatic rings. The first kappa shape index (κ1) is 13.0. The monoisotopic (exact) mass is 227 g/mol. The van der Waals surface area contributed by atoms with E-state index in [-0.39, 0.29) is 17.9 Å². The van der Waals surface area contributed by atoms with Crippen molar-refractivity contribution in [2.45, 2.75) is 45.2 Å². The van der Waals surface area contributed by atoms with Gasteiger partial charge in [-0.3, -0.25) is 9.59 Å². The molecule has 2 amide bonds. The quantitative estimate of drug-likeness (QED) is 0.704. The summed E-state index contributed by atoms with van der Waals surface area (Å²) in [5.41, 5.74) is 4.62. The Morgan fingerprint density at radius 2 is 1.81 bits per heavy atom. The van der Waals surface area contributed by atoms with Crippen molar-refractivity contribution in [3.63, 3.8) is 0 Å². The van der Waals surface area contributed by atoms with E-state index in [1.807, 2.05) is 4.90 Å². The molecule has 0 atom stereocenters. The van der Waals surface area contributed by atoms with Gasteiger partial charge in [0, 0.05) is 26.1 Å². The molecule has 92 valence electrons. The predicted octanol–water partition coefficient (Wildman–Crippen LogP) is -0.149. The minimum atomic E-state index is -0.678. The number of carbonyl (C=O) groups is 2. The molecule has 0 spiro atoms. The Morgan fingerprint density at radius 1 is 1.31 bits per heavy atom. The molecule has 0 aromatic carbocycles. The van der Waals surface area contributed by atoms with E-state index >= 15 is 0 Å². The van der Waals surface area contributed by atoms with Crippen LogP contribution in [0.5, 0.6) is 0 Å². The average molecular weight is 227 g/mol. The smallest absolute Gasteiger partial charge is 0.237 e. The van der Waals surface area contributed by atoms with Crippen LogP contribution in [-0.4, -0.2) is 41.4 Å². The lowest BCUT2D eigenvalue weighted by Gasteiger charge is -2.36. The zero-order valence-corrected chi connectivity index (χ0v) is 10.2. The van der Waals surface area contributed by atoms with Crippen LogP contribution < -0.4 is 11.1 Å². The lowest BCUT2D eigenvalue weighted by Crippen LogP contribution is -2.57. The Morgan fingerprint density at radius 3 is 2.19 bits per heavy atom. The number of nitrogens with zero attached hydrogens (tertiary/aromatic N) is 1. The maximum absolute atomic E-state index is 11.2. The highest BCUT2D eigenvalue weighted by Gasteiger charge is 2.30. The fraction of sp³-hybridized carbons (Fsp3) is 0.818. The minimum Gasteiger partial charge on any atom is -0.368 e. The first-order chi connectivity index (χ1) is 7.33. The molecule has 1 aliphatic heterocycles. The Hall–Kier alpha value is -1.10. The summed E-state index contributed by atoms with van der Waals surface area (Å²) in [4.78, 5) is 24.1. The summed E-state index contributed by atoms with van der Waals surface area (Å²) in [6, 6.07) is 0.262. The van der Waals surface area contributed by atoms with Crippen molar-refractivity contribution < 1.29 is 9.59 Å². The van der Waals surface area contributed by atoms with E-state index in [0.717, 1.165) is 25.9 Å². The second kappa shape index (κ2) is 4.82. The lowest BCUT2D eigenvalue weighted by atomic mass is 9.98. The van der Waals surface area contributed by atoms with Crippen LogP contribution in [0.15, 0.2) is 0 Å². The second-order valence-corrected chi connectivity index (χ2v) is 4.91. The van der Waals surface area contributed by atoms with Crippen molar-refractivity contribution in [2.24, 2.45) is 5.73 Å². The molecular weight excluding hydrogens is 206 g/mol. The molecule has 5 nitrogen and oxygen atoms in total. The highest BCUT2D eigenvalue weighted by atomic mass is 16.2. The van der Waals surface area contributed by atoms with Gasteiger partial charge in [0.1, 0.15) is 0 Å². The molecule has 0 unspecified atom stereocenters. The van der Waals surface area contributed by atoms with Crippen LogP contribution in [0.3, 0.4) is 0 Å². The topological polar surface area (TPSA) is 75.4 Å². The van der Waals surface area contributed by atoms with Gasteiger partial charge in [0.05, 0.1) is 5.54 Å². The van der Waals surface area contributed by atoms with Crippen molar-refractivity contribution >= 4 is 11.8 Å². The number of nitrogens with one attached hydrogen (secondary N) is 1. The number of hydrogen-bond donors (Lipinski definition) is 2. The van der Waals surface area contributed by atoms with Gasteiger partial charge < -0.3 is 16.0 Å². The van der Waals surface area contributed by atoms with E-state index in [4.69, 9.17) is 5.73 Å². The Balaban J connectivity index is 2.43. The van der Waals surface area contributed by atoms with Crippen molar-refractivity contribution in [3.05, 3.63) is 0 Å². The van der Waals surface area contributed by atoms with Gasteiger partial charge in [-0.25, -0.2) is 0 Å². The molecule has 5 heteroatoms. The average Bonchev–Trinajstić information content (AvgIpc) is 2.17. The predicted molar refractivity (Wildman–Crippen MR) is 61.7 cm³/mol. The van der Waals surface area contributed by atoms with Crippen LogP contribution in [0.1, 0.15) is 33.6 Å². The van der Waals surface area contributed by atoms with Gasteiger partial charge in [-0.1, -0.05) is 0 Å². The van der Waals surface area contributed by atoms with Crippen LogP contribution in [-0.2, 0) is 9.59 Å². The third kappa shape index (κ3) is 3.20. The molecule has 1 fully saturated rings. The molecule has 0 radical (unpaired) electrons. The zero-order chi connectivity index (χ0) is 12.3. The highest BCUT2D eigenvalue weighted by molar-refractivity contribution is 5.83. The largest absolute Gasteiger partial charge is 0.368 e. The van der Waals surface area contributed by atoms with Gasteiger partial charge in [0.2, 0.25) is 11.8 Å². The van der Waals surface area contributed by atoms with E-state index in [1.165, 1.54) is 0 Å². The number of likely N-dealkylation sites (tertiary alicyclic amines) is 1. The first-order valence-electron chi connectivity index (χ1n) is 5.66. The number of rotatable bonds is 3. The van der Waals surface area contributed by atoms with Crippen LogP contribution in [0.4, 0.5) is 0 Å². The van der Waals surface area contributed by atoms with E-state index in [1.54, 1.807) is 20.8 Å².